The van der Waals surface area contributed by atoms with Crippen LogP contribution in [0.15, 0.2) is 24.3 Å². The number of allylic oxidation sites excluding steroid dienone is 1. The quantitative estimate of drug-likeness (QED) is 0.534. The fraction of sp³-hybridized carbons (Fsp3) is 0.667. The predicted octanol–water partition coefficient (Wildman–Crippen LogP) is 3.24. The summed E-state index contributed by atoms with van der Waals surface area (Å²) in [7, 11) is 0. The molecule has 0 amide bonds. The van der Waals surface area contributed by atoms with Crippen LogP contribution in [-0.2, 0) is 9.53 Å². The van der Waals surface area contributed by atoms with Crippen LogP contribution in [0.1, 0.15) is 47.0 Å². The second kappa shape index (κ2) is 8.09. The van der Waals surface area contributed by atoms with Crippen LogP contribution >= 0.6 is 0 Å². The Morgan fingerprint density at radius 3 is 2.61 bits per heavy atom. The molecule has 104 valence electrons. The largest absolute Gasteiger partial charge is 0.461 e. The van der Waals surface area contributed by atoms with Gasteiger partial charge in [-0.3, -0.25) is 4.79 Å². The number of hydrogen-bond donors (Lipinski definition) is 1. The van der Waals surface area contributed by atoms with Gasteiger partial charge in [-0.05, 0) is 38.2 Å². The molecule has 3 nitrogen and oxygen atoms in total. The number of rotatable bonds is 8. The fourth-order valence-electron chi connectivity index (χ4n) is 1.36. The third kappa shape index (κ3) is 8.99. The summed E-state index contributed by atoms with van der Waals surface area (Å²) >= 11 is 0. The third-order valence-corrected chi connectivity index (χ3v) is 2.62. The fourth-order valence-corrected chi connectivity index (χ4v) is 1.36. The highest BCUT2D eigenvalue weighted by Crippen LogP contribution is 2.14. The molecule has 0 spiro atoms. The van der Waals surface area contributed by atoms with E-state index in [1.165, 1.54) is 0 Å². The molecule has 18 heavy (non-hydrogen) atoms. The molecule has 0 saturated carbocycles. The Hall–Kier alpha value is -1.09. The predicted molar refractivity (Wildman–Crippen MR) is 74.2 cm³/mol. The second-order valence-electron chi connectivity index (χ2n) is 5.41. The molecule has 0 rings (SSSR count). The van der Waals surface area contributed by atoms with E-state index >= 15 is 0 Å². The summed E-state index contributed by atoms with van der Waals surface area (Å²) in [6, 6.07) is 0. The van der Waals surface area contributed by atoms with E-state index in [4.69, 9.17) is 4.74 Å². The molecule has 0 aliphatic heterocycles. The summed E-state index contributed by atoms with van der Waals surface area (Å²) in [5.74, 6) is 0.167. The standard InChI is InChI=1S/C15H26O3/c1-6-15(5,17)9-7-8-13(4)11-18-14(16)10-12(2)3/h6,8,12,17H,1,7,9-11H2,2-5H3/b13-8+/t15-/m0/s1. The van der Waals surface area contributed by atoms with Crippen LogP contribution in [0, 0.1) is 5.92 Å². The van der Waals surface area contributed by atoms with E-state index in [1.54, 1.807) is 13.0 Å². The van der Waals surface area contributed by atoms with Crippen molar-refractivity contribution in [3.63, 3.8) is 0 Å². The Morgan fingerprint density at radius 2 is 2.11 bits per heavy atom. The molecule has 0 aromatic heterocycles. The molecule has 0 heterocycles. The van der Waals surface area contributed by atoms with Crippen molar-refractivity contribution < 1.29 is 14.6 Å². The lowest BCUT2D eigenvalue weighted by Crippen LogP contribution is -2.19. The van der Waals surface area contributed by atoms with Gasteiger partial charge in [0.2, 0.25) is 0 Å². The van der Waals surface area contributed by atoms with E-state index in [0.717, 1.165) is 12.0 Å². The summed E-state index contributed by atoms with van der Waals surface area (Å²) in [6.45, 7) is 11.5. The molecular formula is C15H26O3. The first-order chi connectivity index (χ1) is 8.26. The molecule has 0 bridgehead atoms. The van der Waals surface area contributed by atoms with Crippen LogP contribution in [0.2, 0.25) is 0 Å². The summed E-state index contributed by atoms with van der Waals surface area (Å²) in [4.78, 5) is 11.3. The number of ether oxygens (including phenoxy) is 1. The van der Waals surface area contributed by atoms with Crippen molar-refractivity contribution in [2.24, 2.45) is 5.92 Å². The minimum absolute atomic E-state index is 0.157. The van der Waals surface area contributed by atoms with E-state index in [0.29, 0.717) is 25.4 Å². The smallest absolute Gasteiger partial charge is 0.306 e. The summed E-state index contributed by atoms with van der Waals surface area (Å²) in [5, 5.41) is 9.72. The molecule has 0 fully saturated rings. The first-order valence-electron chi connectivity index (χ1n) is 6.44. The van der Waals surface area contributed by atoms with E-state index in [-0.39, 0.29) is 5.97 Å². The van der Waals surface area contributed by atoms with Crippen molar-refractivity contribution in [3.8, 4) is 0 Å². The van der Waals surface area contributed by atoms with Gasteiger partial charge in [-0.2, -0.15) is 0 Å². The molecule has 0 unspecified atom stereocenters. The van der Waals surface area contributed by atoms with E-state index < -0.39 is 5.60 Å². The lowest BCUT2D eigenvalue weighted by Gasteiger charge is -2.16. The lowest BCUT2D eigenvalue weighted by atomic mass is 10.00. The number of carbonyl (C=O) groups excluding carboxylic acids is 1. The Balaban J connectivity index is 3.92. The molecular weight excluding hydrogens is 228 g/mol. The minimum Gasteiger partial charge on any atom is -0.461 e. The highest BCUT2D eigenvalue weighted by atomic mass is 16.5. The van der Waals surface area contributed by atoms with Gasteiger partial charge in [-0.25, -0.2) is 0 Å². The summed E-state index contributed by atoms with van der Waals surface area (Å²) in [5.41, 5.74) is 0.178. The van der Waals surface area contributed by atoms with Gasteiger partial charge in [0.25, 0.3) is 0 Å². The molecule has 0 aromatic rings. The monoisotopic (exact) mass is 254 g/mol. The lowest BCUT2D eigenvalue weighted by molar-refractivity contribution is -0.143. The maximum atomic E-state index is 11.3. The number of carbonyl (C=O) groups is 1. The van der Waals surface area contributed by atoms with Gasteiger partial charge in [0.1, 0.15) is 6.61 Å². The van der Waals surface area contributed by atoms with Gasteiger partial charge < -0.3 is 9.84 Å². The van der Waals surface area contributed by atoms with E-state index in [9.17, 15) is 9.90 Å². The average molecular weight is 254 g/mol. The molecule has 0 saturated heterocycles. The molecule has 1 N–H and O–H groups in total. The third-order valence-electron chi connectivity index (χ3n) is 2.62. The highest BCUT2D eigenvalue weighted by molar-refractivity contribution is 5.69. The Kier molecular flexibility index (Phi) is 7.60. The Bertz CT molecular complexity index is 301. The first kappa shape index (κ1) is 16.9. The zero-order valence-electron chi connectivity index (χ0n) is 12.0. The van der Waals surface area contributed by atoms with Crippen molar-refractivity contribution in [2.45, 2.75) is 52.6 Å². The Labute approximate surface area is 111 Å². The van der Waals surface area contributed by atoms with Crippen molar-refractivity contribution in [1.82, 2.24) is 0 Å². The van der Waals surface area contributed by atoms with Gasteiger partial charge in [-0.15, -0.1) is 6.58 Å². The maximum absolute atomic E-state index is 11.3. The molecule has 0 radical (unpaired) electrons. The average Bonchev–Trinajstić information content (AvgIpc) is 2.25. The second-order valence-corrected chi connectivity index (χ2v) is 5.41. The molecule has 0 aromatic carbocycles. The zero-order valence-corrected chi connectivity index (χ0v) is 12.0. The van der Waals surface area contributed by atoms with Crippen LogP contribution in [0.5, 0.6) is 0 Å². The van der Waals surface area contributed by atoms with Crippen LogP contribution in [0.3, 0.4) is 0 Å². The van der Waals surface area contributed by atoms with Crippen LogP contribution in [-0.4, -0.2) is 23.3 Å². The van der Waals surface area contributed by atoms with Crippen LogP contribution in [0.4, 0.5) is 0 Å². The van der Waals surface area contributed by atoms with Gasteiger partial charge >= 0.3 is 5.97 Å². The summed E-state index contributed by atoms with van der Waals surface area (Å²) < 4.78 is 5.13. The number of esters is 1. The summed E-state index contributed by atoms with van der Waals surface area (Å²) in [6.07, 6.45) is 5.35. The Morgan fingerprint density at radius 1 is 1.50 bits per heavy atom. The van der Waals surface area contributed by atoms with E-state index in [2.05, 4.69) is 6.58 Å². The topological polar surface area (TPSA) is 46.5 Å². The first-order valence-corrected chi connectivity index (χ1v) is 6.44. The molecule has 1 atom stereocenters. The maximum Gasteiger partial charge on any atom is 0.306 e. The van der Waals surface area contributed by atoms with Crippen LogP contribution in [0.25, 0.3) is 0 Å². The van der Waals surface area contributed by atoms with Crippen molar-refractivity contribution in [2.75, 3.05) is 6.61 Å². The number of aliphatic hydroxyl groups is 1. The normalized spacial score (nSPS) is 15.3. The van der Waals surface area contributed by atoms with Crippen molar-refractivity contribution in [1.29, 1.82) is 0 Å². The molecule has 0 aliphatic rings. The highest BCUT2D eigenvalue weighted by Gasteiger charge is 2.13. The van der Waals surface area contributed by atoms with Crippen molar-refractivity contribution >= 4 is 5.97 Å². The van der Waals surface area contributed by atoms with Gasteiger partial charge in [0.05, 0.1) is 5.60 Å². The van der Waals surface area contributed by atoms with Gasteiger partial charge in [0.15, 0.2) is 0 Å². The minimum atomic E-state index is -0.828. The van der Waals surface area contributed by atoms with Gasteiger partial charge in [-0.1, -0.05) is 26.0 Å². The van der Waals surface area contributed by atoms with Crippen LogP contribution < -0.4 is 0 Å². The van der Waals surface area contributed by atoms with E-state index in [1.807, 2.05) is 26.8 Å². The zero-order chi connectivity index (χ0) is 14.2. The van der Waals surface area contributed by atoms with Crippen molar-refractivity contribution in [3.05, 3.63) is 24.3 Å². The SMILES string of the molecule is C=C[C@](C)(O)CC/C=C(\C)COC(=O)CC(C)C. The number of hydrogen-bond acceptors (Lipinski definition) is 3. The molecule has 0 aliphatic carbocycles. The van der Waals surface area contributed by atoms with Gasteiger partial charge in [0, 0.05) is 6.42 Å². The molecule has 3 heteroatoms.